The van der Waals surface area contributed by atoms with Gasteiger partial charge in [0.25, 0.3) is 0 Å². The number of sulfonamides is 1. The Kier molecular flexibility index (Phi) is 10.1. The summed E-state index contributed by atoms with van der Waals surface area (Å²) in [6.45, 7) is 5.15. The van der Waals surface area contributed by atoms with Gasteiger partial charge in [-0.05, 0) is 24.3 Å². The molecule has 0 atom stereocenters. The van der Waals surface area contributed by atoms with Gasteiger partial charge in [-0.15, -0.1) is 24.8 Å². The maximum absolute atomic E-state index is 12.4. The molecule has 158 valence electrons. The molecule has 2 heterocycles. The van der Waals surface area contributed by atoms with Gasteiger partial charge in [-0.2, -0.15) is 5.10 Å². The van der Waals surface area contributed by atoms with Crippen LogP contribution >= 0.6 is 24.8 Å². The first-order valence-corrected chi connectivity index (χ1v) is 10.0. The predicted octanol–water partition coefficient (Wildman–Crippen LogP) is 0.421. The Bertz CT molecular complexity index is 810. The molecule has 9 nitrogen and oxygen atoms in total. The highest BCUT2D eigenvalue weighted by Crippen LogP contribution is 2.16. The molecule has 0 amide bonds. The Morgan fingerprint density at radius 1 is 1.18 bits per heavy atom. The second-order valence-corrected chi connectivity index (χ2v) is 7.82. The second kappa shape index (κ2) is 11.5. The molecule has 2 N–H and O–H groups in total. The third-order valence-electron chi connectivity index (χ3n) is 4.24. The van der Waals surface area contributed by atoms with E-state index < -0.39 is 10.0 Å². The quantitative estimate of drug-likeness (QED) is 0.598. The van der Waals surface area contributed by atoms with Crippen LogP contribution in [0.4, 0.5) is 0 Å². The van der Waals surface area contributed by atoms with Gasteiger partial charge in [0.15, 0.2) is 5.82 Å². The summed E-state index contributed by atoms with van der Waals surface area (Å²) in [5, 5.41) is 7.24. The molecule has 28 heavy (non-hydrogen) atoms. The molecule has 1 aliphatic rings. The fourth-order valence-electron chi connectivity index (χ4n) is 2.67. The van der Waals surface area contributed by atoms with Gasteiger partial charge in [0.2, 0.25) is 10.0 Å². The number of ether oxygens (including phenoxy) is 1. The third-order valence-corrected chi connectivity index (χ3v) is 5.71. The molecule has 0 saturated carbocycles. The molecule has 1 aliphatic heterocycles. The molecule has 1 aromatic heterocycles. The van der Waals surface area contributed by atoms with Crippen LogP contribution in [0.25, 0.3) is 0 Å². The molecule has 1 saturated heterocycles. The summed E-state index contributed by atoms with van der Waals surface area (Å²) in [6.07, 6.45) is 1.46. The van der Waals surface area contributed by atoms with Crippen molar-refractivity contribution < 1.29 is 13.2 Å². The van der Waals surface area contributed by atoms with Gasteiger partial charge in [0.05, 0.1) is 4.90 Å². The smallest absolute Gasteiger partial charge is 0.240 e. The Morgan fingerprint density at radius 2 is 1.86 bits per heavy atom. The maximum atomic E-state index is 12.4. The summed E-state index contributed by atoms with van der Waals surface area (Å²) in [5.74, 6) is 1.27. The van der Waals surface area contributed by atoms with Crippen molar-refractivity contribution in [2.24, 2.45) is 7.05 Å². The summed E-state index contributed by atoms with van der Waals surface area (Å²) in [4.78, 5) is 6.54. The Morgan fingerprint density at radius 3 is 2.46 bits per heavy atom. The molecule has 2 aromatic rings. The van der Waals surface area contributed by atoms with Crippen molar-refractivity contribution in [3.05, 3.63) is 36.4 Å². The minimum Gasteiger partial charge on any atom is -0.486 e. The molecule has 0 bridgehead atoms. The molecule has 0 aliphatic carbocycles. The molecule has 1 aromatic carbocycles. The first-order valence-electron chi connectivity index (χ1n) is 8.53. The zero-order valence-corrected chi connectivity index (χ0v) is 18.0. The van der Waals surface area contributed by atoms with Gasteiger partial charge in [0.1, 0.15) is 18.7 Å². The fourth-order valence-corrected chi connectivity index (χ4v) is 3.69. The lowest BCUT2D eigenvalue weighted by Gasteiger charge is -2.27. The molecule has 12 heteroatoms. The van der Waals surface area contributed by atoms with Crippen LogP contribution in [0.1, 0.15) is 5.82 Å². The first-order chi connectivity index (χ1) is 12.5. The normalized spacial score (nSPS) is 14.8. The number of rotatable bonds is 8. The van der Waals surface area contributed by atoms with Gasteiger partial charge in [-0.25, -0.2) is 18.1 Å². The van der Waals surface area contributed by atoms with Gasteiger partial charge in [-0.1, -0.05) is 0 Å². The van der Waals surface area contributed by atoms with Crippen molar-refractivity contribution in [3.8, 4) is 5.75 Å². The van der Waals surface area contributed by atoms with E-state index in [4.69, 9.17) is 4.74 Å². The van der Waals surface area contributed by atoms with Crippen molar-refractivity contribution in [1.29, 1.82) is 0 Å². The fraction of sp³-hybridized carbons (Fsp3) is 0.500. The van der Waals surface area contributed by atoms with E-state index in [0.717, 1.165) is 26.2 Å². The van der Waals surface area contributed by atoms with Crippen LogP contribution in [0.2, 0.25) is 0 Å². The molecule has 0 spiro atoms. The zero-order chi connectivity index (χ0) is 18.4. The summed E-state index contributed by atoms with van der Waals surface area (Å²) >= 11 is 0. The Labute approximate surface area is 177 Å². The second-order valence-electron chi connectivity index (χ2n) is 6.05. The lowest BCUT2D eigenvalue weighted by atomic mass is 10.3. The van der Waals surface area contributed by atoms with Crippen molar-refractivity contribution in [1.82, 2.24) is 29.7 Å². The van der Waals surface area contributed by atoms with Crippen molar-refractivity contribution in [2.45, 2.75) is 11.5 Å². The van der Waals surface area contributed by atoms with Gasteiger partial charge >= 0.3 is 0 Å². The van der Waals surface area contributed by atoms with Crippen LogP contribution in [-0.2, 0) is 23.7 Å². The van der Waals surface area contributed by atoms with E-state index in [-0.39, 0.29) is 36.3 Å². The summed E-state index contributed by atoms with van der Waals surface area (Å²) in [7, 11) is -1.73. The van der Waals surface area contributed by atoms with E-state index in [0.29, 0.717) is 24.7 Å². The van der Waals surface area contributed by atoms with E-state index in [1.165, 1.54) is 6.33 Å². The zero-order valence-electron chi connectivity index (χ0n) is 15.6. The van der Waals surface area contributed by atoms with Crippen LogP contribution in [0, 0.1) is 0 Å². The number of aryl methyl sites for hydroxylation is 1. The highest BCUT2D eigenvalue weighted by atomic mass is 35.5. The number of piperazine rings is 1. The van der Waals surface area contributed by atoms with Crippen LogP contribution in [0.15, 0.2) is 35.5 Å². The summed E-state index contributed by atoms with van der Waals surface area (Å²) < 4.78 is 34.6. The van der Waals surface area contributed by atoms with E-state index in [2.05, 4.69) is 25.0 Å². The predicted molar refractivity (Wildman–Crippen MR) is 111 cm³/mol. The number of benzene rings is 1. The standard InChI is InChI=1S/C16H24N6O3S.2ClH/c1-21-16(18-13-19-21)12-25-14-2-4-15(5-3-14)26(23,24)20-8-11-22-9-6-17-7-10-22;;/h2-5,13,17,20H,6-12H2,1H3;2*1H. The van der Waals surface area contributed by atoms with Gasteiger partial charge in [-0.3, -0.25) is 9.58 Å². The van der Waals surface area contributed by atoms with Crippen molar-refractivity contribution >= 4 is 34.8 Å². The topological polar surface area (TPSA) is 101 Å². The lowest BCUT2D eigenvalue weighted by Crippen LogP contribution is -2.46. The van der Waals surface area contributed by atoms with E-state index in [1.54, 1.807) is 36.0 Å². The number of nitrogens with one attached hydrogen (secondary N) is 2. The Hall–Kier alpha value is -1.43. The molecule has 3 rings (SSSR count). The van der Waals surface area contributed by atoms with Crippen molar-refractivity contribution in [3.63, 3.8) is 0 Å². The molecular formula is C16H26Cl2N6O3S. The van der Waals surface area contributed by atoms with Crippen LogP contribution in [0.5, 0.6) is 5.75 Å². The number of hydrogen-bond acceptors (Lipinski definition) is 7. The third kappa shape index (κ3) is 6.87. The van der Waals surface area contributed by atoms with E-state index >= 15 is 0 Å². The first kappa shape index (κ1) is 24.6. The molecule has 0 radical (unpaired) electrons. The van der Waals surface area contributed by atoms with Gasteiger partial charge in [0, 0.05) is 46.3 Å². The monoisotopic (exact) mass is 452 g/mol. The van der Waals surface area contributed by atoms with E-state index in [9.17, 15) is 8.42 Å². The minimum absolute atomic E-state index is 0. The number of aromatic nitrogens is 3. The number of hydrogen-bond donors (Lipinski definition) is 2. The average molecular weight is 453 g/mol. The van der Waals surface area contributed by atoms with Gasteiger partial charge < -0.3 is 10.1 Å². The minimum atomic E-state index is -3.52. The summed E-state index contributed by atoms with van der Waals surface area (Å²) in [5.41, 5.74) is 0. The molecule has 1 fully saturated rings. The molecular weight excluding hydrogens is 427 g/mol. The average Bonchev–Trinajstić information content (AvgIpc) is 3.06. The lowest BCUT2D eigenvalue weighted by molar-refractivity contribution is 0.245. The van der Waals surface area contributed by atoms with Crippen LogP contribution < -0.4 is 14.8 Å². The Balaban J connectivity index is 0.00000196. The van der Waals surface area contributed by atoms with Crippen molar-refractivity contribution in [2.75, 3.05) is 39.3 Å². The van der Waals surface area contributed by atoms with Crippen LogP contribution in [0.3, 0.4) is 0 Å². The SMILES string of the molecule is Cl.Cl.Cn1ncnc1COc1ccc(S(=O)(=O)NCCN2CCNCC2)cc1. The van der Waals surface area contributed by atoms with E-state index in [1.807, 2.05) is 0 Å². The molecule has 0 unspecified atom stereocenters. The highest BCUT2D eigenvalue weighted by Gasteiger charge is 2.15. The number of nitrogens with zero attached hydrogens (tertiary/aromatic N) is 4. The largest absolute Gasteiger partial charge is 0.486 e. The van der Waals surface area contributed by atoms with Crippen LogP contribution in [-0.4, -0.2) is 67.4 Å². The number of halogens is 2. The summed E-state index contributed by atoms with van der Waals surface area (Å²) in [6, 6.07) is 6.36. The maximum Gasteiger partial charge on any atom is 0.240 e. The highest BCUT2D eigenvalue weighted by molar-refractivity contribution is 7.89.